The molecule has 0 bridgehead atoms. The summed E-state index contributed by atoms with van der Waals surface area (Å²) in [4.78, 5) is 12.5. The average Bonchev–Trinajstić information content (AvgIpc) is 2.97. The molecule has 2 N–H and O–H groups in total. The molecular weight excluding hydrogens is 286 g/mol. The summed E-state index contributed by atoms with van der Waals surface area (Å²) in [7, 11) is 0. The molecule has 0 aliphatic rings. The summed E-state index contributed by atoms with van der Waals surface area (Å²) in [5, 5.41) is 10.9. The van der Waals surface area contributed by atoms with Crippen LogP contribution in [-0.4, -0.2) is 22.6 Å². The van der Waals surface area contributed by atoms with Gasteiger partial charge in [0.2, 0.25) is 0 Å². The molecule has 0 aliphatic carbocycles. The second-order valence-electron chi connectivity index (χ2n) is 6.55. The van der Waals surface area contributed by atoms with Gasteiger partial charge in [0.05, 0.1) is 5.52 Å². The van der Waals surface area contributed by atoms with Crippen molar-refractivity contribution in [3.8, 4) is 0 Å². The number of carbonyl (C=O) groups excluding carboxylic acids is 1. The average molecular weight is 307 g/mol. The first-order chi connectivity index (χ1) is 11.0. The van der Waals surface area contributed by atoms with E-state index in [0.29, 0.717) is 12.2 Å². The first-order valence-corrected chi connectivity index (χ1v) is 7.76. The number of amides is 1. The molecule has 0 atom stereocenters. The zero-order valence-corrected chi connectivity index (χ0v) is 13.7. The van der Waals surface area contributed by atoms with E-state index in [1.54, 1.807) is 0 Å². The Hall–Kier alpha value is -2.62. The Kier molecular flexibility index (Phi) is 3.90. The normalized spacial score (nSPS) is 11.6. The van der Waals surface area contributed by atoms with Crippen molar-refractivity contribution < 1.29 is 4.79 Å². The van der Waals surface area contributed by atoms with Crippen LogP contribution < -0.4 is 5.32 Å². The van der Waals surface area contributed by atoms with Crippen LogP contribution in [0.5, 0.6) is 0 Å². The quantitative estimate of drug-likeness (QED) is 0.774. The number of aromatic nitrogens is 2. The zero-order chi connectivity index (χ0) is 16.4. The van der Waals surface area contributed by atoms with E-state index in [1.165, 1.54) is 11.1 Å². The molecule has 3 rings (SSSR count). The number of aromatic amines is 1. The zero-order valence-electron chi connectivity index (χ0n) is 13.7. The number of para-hydroxylation sites is 1. The SMILES string of the molecule is Cc1cccc(C(C)(C)CNC(=O)c2n[nH]c3ccccc23)c1. The number of carbonyl (C=O) groups is 1. The Labute approximate surface area is 135 Å². The van der Waals surface area contributed by atoms with E-state index in [9.17, 15) is 4.79 Å². The Bertz CT molecular complexity index is 848. The minimum Gasteiger partial charge on any atom is -0.350 e. The van der Waals surface area contributed by atoms with E-state index < -0.39 is 0 Å². The number of hydrogen-bond acceptors (Lipinski definition) is 2. The van der Waals surface area contributed by atoms with Crippen LogP contribution in [0.1, 0.15) is 35.5 Å². The number of nitrogens with one attached hydrogen (secondary N) is 2. The molecule has 3 aromatic rings. The predicted molar refractivity (Wildman–Crippen MR) is 92.6 cm³/mol. The molecule has 4 heteroatoms. The summed E-state index contributed by atoms with van der Waals surface area (Å²) >= 11 is 0. The monoisotopic (exact) mass is 307 g/mol. The standard InChI is InChI=1S/C19H21N3O/c1-13-7-6-8-14(11-13)19(2,3)12-20-18(23)17-15-9-4-5-10-16(15)21-22-17/h4-11H,12H2,1-3H3,(H,20,23)(H,21,22). The van der Waals surface area contributed by atoms with Gasteiger partial charge in [0.1, 0.15) is 0 Å². The lowest BCUT2D eigenvalue weighted by molar-refractivity contribution is 0.0942. The molecular formula is C19H21N3O. The second-order valence-corrected chi connectivity index (χ2v) is 6.55. The van der Waals surface area contributed by atoms with Crippen molar-refractivity contribution in [1.29, 1.82) is 0 Å². The topological polar surface area (TPSA) is 57.8 Å². The first kappa shape index (κ1) is 15.3. The van der Waals surface area contributed by atoms with E-state index in [-0.39, 0.29) is 11.3 Å². The van der Waals surface area contributed by atoms with Crippen LogP contribution in [0.4, 0.5) is 0 Å². The second kappa shape index (κ2) is 5.88. The lowest BCUT2D eigenvalue weighted by Gasteiger charge is -2.26. The summed E-state index contributed by atoms with van der Waals surface area (Å²) in [6.07, 6.45) is 0. The van der Waals surface area contributed by atoms with Crippen molar-refractivity contribution >= 4 is 16.8 Å². The Morgan fingerprint density at radius 1 is 1.17 bits per heavy atom. The fourth-order valence-corrected chi connectivity index (χ4v) is 2.69. The lowest BCUT2D eigenvalue weighted by atomic mass is 9.84. The number of fused-ring (bicyclic) bond motifs is 1. The number of aryl methyl sites for hydroxylation is 1. The van der Waals surface area contributed by atoms with Crippen LogP contribution >= 0.6 is 0 Å². The molecule has 0 aliphatic heterocycles. The predicted octanol–water partition coefficient (Wildman–Crippen LogP) is 3.58. The van der Waals surface area contributed by atoms with Gasteiger partial charge in [0, 0.05) is 17.3 Å². The first-order valence-electron chi connectivity index (χ1n) is 7.76. The molecule has 1 aromatic heterocycles. The highest BCUT2D eigenvalue weighted by atomic mass is 16.1. The molecule has 0 radical (unpaired) electrons. The summed E-state index contributed by atoms with van der Waals surface area (Å²) in [5.41, 5.74) is 3.61. The number of benzene rings is 2. The molecule has 1 heterocycles. The smallest absolute Gasteiger partial charge is 0.272 e. The molecule has 0 saturated heterocycles. The molecule has 23 heavy (non-hydrogen) atoms. The molecule has 0 spiro atoms. The number of nitrogens with zero attached hydrogens (tertiary/aromatic N) is 1. The van der Waals surface area contributed by atoms with Gasteiger partial charge in [0.15, 0.2) is 5.69 Å². The Morgan fingerprint density at radius 3 is 2.74 bits per heavy atom. The number of hydrogen-bond donors (Lipinski definition) is 2. The highest BCUT2D eigenvalue weighted by Crippen LogP contribution is 2.23. The van der Waals surface area contributed by atoms with Gasteiger partial charge in [-0.25, -0.2) is 0 Å². The summed E-state index contributed by atoms with van der Waals surface area (Å²) in [6.45, 7) is 6.89. The van der Waals surface area contributed by atoms with Gasteiger partial charge in [-0.15, -0.1) is 0 Å². The van der Waals surface area contributed by atoms with Crippen molar-refractivity contribution in [3.05, 3.63) is 65.4 Å². The summed E-state index contributed by atoms with van der Waals surface area (Å²) in [6, 6.07) is 16.0. The Balaban J connectivity index is 1.76. The minimum absolute atomic E-state index is 0.145. The molecule has 118 valence electrons. The fourth-order valence-electron chi connectivity index (χ4n) is 2.69. The van der Waals surface area contributed by atoms with Crippen molar-refractivity contribution in [2.45, 2.75) is 26.2 Å². The number of rotatable bonds is 4. The third-order valence-electron chi connectivity index (χ3n) is 4.18. The number of H-pyrrole nitrogens is 1. The van der Waals surface area contributed by atoms with Gasteiger partial charge in [0.25, 0.3) is 5.91 Å². The van der Waals surface area contributed by atoms with Crippen molar-refractivity contribution in [1.82, 2.24) is 15.5 Å². The molecule has 0 fully saturated rings. The van der Waals surface area contributed by atoms with Gasteiger partial charge < -0.3 is 5.32 Å². The van der Waals surface area contributed by atoms with Crippen molar-refractivity contribution in [2.24, 2.45) is 0 Å². The Morgan fingerprint density at radius 2 is 1.96 bits per heavy atom. The molecule has 0 unspecified atom stereocenters. The largest absolute Gasteiger partial charge is 0.350 e. The highest BCUT2D eigenvalue weighted by molar-refractivity contribution is 6.04. The van der Waals surface area contributed by atoms with Crippen LogP contribution in [0.3, 0.4) is 0 Å². The van der Waals surface area contributed by atoms with Gasteiger partial charge in [-0.2, -0.15) is 5.10 Å². The third-order valence-corrected chi connectivity index (χ3v) is 4.18. The van der Waals surface area contributed by atoms with Gasteiger partial charge >= 0.3 is 0 Å². The maximum atomic E-state index is 12.5. The maximum Gasteiger partial charge on any atom is 0.272 e. The lowest BCUT2D eigenvalue weighted by Crippen LogP contribution is -2.37. The van der Waals surface area contributed by atoms with E-state index in [2.05, 4.69) is 60.6 Å². The molecule has 2 aromatic carbocycles. The van der Waals surface area contributed by atoms with Crippen LogP contribution in [0, 0.1) is 6.92 Å². The van der Waals surface area contributed by atoms with Gasteiger partial charge in [-0.1, -0.05) is 61.9 Å². The fraction of sp³-hybridized carbons (Fsp3) is 0.263. The summed E-state index contributed by atoms with van der Waals surface area (Å²) < 4.78 is 0. The van der Waals surface area contributed by atoms with E-state index in [4.69, 9.17) is 0 Å². The third kappa shape index (κ3) is 3.11. The van der Waals surface area contributed by atoms with E-state index >= 15 is 0 Å². The van der Waals surface area contributed by atoms with Gasteiger partial charge in [-0.05, 0) is 18.6 Å². The van der Waals surface area contributed by atoms with Crippen molar-refractivity contribution in [3.63, 3.8) is 0 Å². The van der Waals surface area contributed by atoms with Crippen LogP contribution in [0.25, 0.3) is 10.9 Å². The van der Waals surface area contributed by atoms with E-state index in [1.807, 2.05) is 24.3 Å². The van der Waals surface area contributed by atoms with E-state index in [0.717, 1.165) is 10.9 Å². The minimum atomic E-state index is -0.150. The van der Waals surface area contributed by atoms with Crippen LogP contribution in [0.2, 0.25) is 0 Å². The molecule has 0 saturated carbocycles. The van der Waals surface area contributed by atoms with Crippen LogP contribution in [-0.2, 0) is 5.41 Å². The molecule has 4 nitrogen and oxygen atoms in total. The maximum absolute atomic E-state index is 12.5. The molecule has 1 amide bonds. The summed E-state index contributed by atoms with van der Waals surface area (Å²) in [5.74, 6) is -0.150. The van der Waals surface area contributed by atoms with Crippen molar-refractivity contribution in [2.75, 3.05) is 6.54 Å². The highest BCUT2D eigenvalue weighted by Gasteiger charge is 2.23. The van der Waals surface area contributed by atoms with Gasteiger partial charge in [-0.3, -0.25) is 9.89 Å². The van der Waals surface area contributed by atoms with Crippen LogP contribution in [0.15, 0.2) is 48.5 Å².